The van der Waals surface area contributed by atoms with E-state index in [9.17, 15) is 19.0 Å². The summed E-state index contributed by atoms with van der Waals surface area (Å²) in [6.45, 7) is 3.79. The number of hydrogen-bond donors (Lipinski definition) is 1. The van der Waals surface area contributed by atoms with Crippen molar-refractivity contribution in [2.45, 2.75) is 225 Å². The van der Waals surface area contributed by atoms with Crippen molar-refractivity contribution in [3.8, 4) is 0 Å². The van der Waals surface area contributed by atoms with Gasteiger partial charge in [-0.25, -0.2) is 4.57 Å². The lowest BCUT2D eigenvalue weighted by Gasteiger charge is -2.19. The zero-order valence-electron chi connectivity index (χ0n) is 35.8. The Kier molecular flexibility index (Phi) is 40.6. The first-order valence-corrected chi connectivity index (χ1v) is 24.2. The Labute approximate surface area is 338 Å². The van der Waals surface area contributed by atoms with Gasteiger partial charge in [0.15, 0.2) is 6.10 Å². The number of phosphoric acid groups is 1. The van der Waals surface area contributed by atoms with Crippen LogP contribution in [0.3, 0.4) is 0 Å². The molecule has 0 aliphatic heterocycles. The first-order valence-electron chi connectivity index (χ1n) is 22.7. The normalized spacial score (nSPS) is 13.6. The molecule has 0 rings (SSSR count). The molecule has 0 spiro atoms. The summed E-state index contributed by atoms with van der Waals surface area (Å²) >= 11 is 0. The van der Waals surface area contributed by atoms with Gasteiger partial charge in [-0.3, -0.25) is 18.6 Å². The zero-order chi connectivity index (χ0) is 40.3. The number of carbonyl (C=O) groups is 2. The monoisotopic (exact) mass is 797 g/mol. The van der Waals surface area contributed by atoms with Gasteiger partial charge in [0.2, 0.25) is 0 Å². The first kappa shape index (κ1) is 53.3. The highest BCUT2D eigenvalue weighted by Crippen LogP contribution is 2.42. The lowest BCUT2D eigenvalue weighted by Crippen LogP contribution is -2.29. The molecule has 0 aliphatic rings. The zero-order valence-corrected chi connectivity index (χ0v) is 36.7. The summed E-state index contributed by atoms with van der Waals surface area (Å²) in [6, 6.07) is 0. The molecule has 2 atom stereocenters. The molecular formula is C46H85O8P. The van der Waals surface area contributed by atoms with E-state index in [1.54, 1.807) is 0 Å². The third kappa shape index (κ3) is 41.7. The van der Waals surface area contributed by atoms with Crippen LogP contribution in [0.4, 0.5) is 0 Å². The third-order valence-corrected chi connectivity index (χ3v) is 10.8. The highest BCUT2D eigenvalue weighted by molar-refractivity contribution is 7.47. The minimum Gasteiger partial charge on any atom is -0.462 e. The Hall–Kier alpha value is -1.73. The second kappa shape index (κ2) is 41.9. The minimum atomic E-state index is -4.26. The average molecular weight is 797 g/mol. The smallest absolute Gasteiger partial charge is 0.462 e. The van der Waals surface area contributed by atoms with Gasteiger partial charge < -0.3 is 14.4 Å². The Balaban J connectivity index is 3.95. The Morgan fingerprint density at radius 3 is 1.38 bits per heavy atom. The van der Waals surface area contributed by atoms with Crippen LogP contribution < -0.4 is 0 Å². The Morgan fingerprint density at radius 2 is 0.927 bits per heavy atom. The van der Waals surface area contributed by atoms with Gasteiger partial charge in [-0.2, -0.15) is 0 Å². The number of phosphoric ester groups is 1. The lowest BCUT2D eigenvalue weighted by atomic mass is 10.0. The van der Waals surface area contributed by atoms with Crippen molar-refractivity contribution in [3.63, 3.8) is 0 Å². The van der Waals surface area contributed by atoms with Crippen LogP contribution in [0.2, 0.25) is 0 Å². The molecule has 0 saturated carbocycles. The molecule has 0 aromatic rings. The molecule has 0 aliphatic carbocycles. The number of esters is 2. The lowest BCUT2D eigenvalue weighted by molar-refractivity contribution is -0.161. The fourth-order valence-corrected chi connectivity index (χ4v) is 6.90. The molecule has 0 bridgehead atoms. The summed E-state index contributed by atoms with van der Waals surface area (Å²) in [5, 5.41) is 0. The van der Waals surface area contributed by atoms with Gasteiger partial charge in [-0.05, 0) is 44.9 Å². The van der Waals surface area contributed by atoms with Gasteiger partial charge in [0.05, 0.1) is 6.61 Å². The maximum absolute atomic E-state index is 12.5. The van der Waals surface area contributed by atoms with Crippen LogP contribution >= 0.6 is 7.82 Å². The maximum Gasteiger partial charge on any atom is 0.472 e. The van der Waals surface area contributed by atoms with E-state index >= 15 is 0 Å². The number of rotatable bonds is 42. The molecule has 0 aromatic carbocycles. The molecule has 9 heteroatoms. The van der Waals surface area contributed by atoms with Gasteiger partial charge in [0.25, 0.3) is 0 Å². The van der Waals surface area contributed by atoms with Crippen molar-refractivity contribution < 1.29 is 37.6 Å². The molecule has 55 heavy (non-hydrogen) atoms. The highest BCUT2D eigenvalue weighted by Gasteiger charge is 2.24. The molecular weight excluding hydrogens is 711 g/mol. The summed E-state index contributed by atoms with van der Waals surface area (Å²) in [6.07, 6.45) is 49.1. The molecule has 0 heterocycles. The standard InChI is InChI=1S/C46H85O8P/c1-4-6-8-10-12-14-16-18-20-22-23-25-26-28-30-32-34-36-38-40-45(47)52-42-44(43-53-55(49,50)51-3)54-46(48)41-39-37-35-33-31-29-27-24-21-19-17-15-13-11-9-7-5-2/h7,9,13,15,19,21,44H,4-6,8,10-12,14,16-18,20,22-43H2,1-3H3,(H,49,50)/b9-7-,15-13-,21-19-. The first-order chi connectivity index (χ1) is 26.8. The van der Waals surface area contributed by atoms with Gasteiger partial charge in [-0.15, -0.1) is 0 Å². The summed E-state index contributed by atoms with van der Waals surface area (Å²) < 4.78 is 32.0. The fraction of sp³-hybridized carbons (Fsp3) is 0.826. The summed E-state index contributed by atoms with van der Waals surface area (Å²) in [7, 11) is -3.20. The van der Waals surface area contributed by atoms with Gasteiger partial charge >= 0.3 is 19.8 Å². The van der Waals surface area contributed by atoms with E-state index in [1.807, 2.05) is 0 Å². The second-order valence-corrected chi connectivity index (χ2v) is 16.7. The van der Waals surface area contributed by atoms with Crippen molar-refractivity contribution in [3.05, 3.63) is 36.5 Å². The summed E-state index contributed by atoms with van der Waals surface area (Å²) in [5.74, 6) is -0.807. The molecule has 1 N–H and O–H groups in total. The summed E-state index contributed by atoms with van der Waals surface area (Å²) in [4.78, 5) is 34.5. The van der Waals surface area contributed by atoms with Crippen molar-refractivity contribution in [2.24, 2.45) is 0 Å². The molecule has 0 fully saturated rings. The van der Waals surface area contributed by atoms with Crippen LogP contribution in [0, 0.1) is 0 Å². The van der Waals surface area contributed by atoms with Crippen LogP contribution in [0.25, 0.3) is 0 Å². The van der Waals surface area contributed by atoms with E-state index in [2.05, 4.69) is 54.8 Å². The van der Waals surface area contributed by atoms with E-state index in [-0.39, 0.29) is 19.0 Å². The predicted octanol–water partition coefficient (Wildman–Crippen LogP) is 14.4. The van der Waals surface area contributed by atoms with Crippen molar-refractivity contribution in [2.75, 3.05) is 20.3 Å². The molecule has 0 radical (unpaired) electrons. The van der Waals surface area contributed by atoms with Crippen LogP contribution in [-0.4, -0.2) is 43.3 Å². The van der Waals surface area contributed by atoms with Crippen LogP contribution in [0.5, 0.6) is 0 Å². The van der Waals surface area contributed by atoms with Crippen LogP contribution in [-0.2, 0) is 32.7 Å². The maximum atomic E-state index is 12.5. The Bertz CT molecular complexity index is 994. The number of hydrogen-bond acceptors (Lipinski definition) is 7. The number of ether oxygens (including phenoxy) is 2. The van der Waals surface area contributed by atoms with Crippen LogP contribution in [0.15, 0.2) is 36.5 Å². The van der Waals surface area contributed by atoms with Gasteiger partial charge in [0.1, 0.15) is 6.61 Å². The predicted molar refractivity (Wildman–Crippen MR) is 230 cm³/mol. The fourth-order valence-electron chi connectivity index (χ4n) is 6.44. The minimum absolute atomic E-state index is 0.226. The highest BCUT2D eigenvalue weighted by atomic mass is 31.2. The molecule has 322 valence electrons. The van der Waals surface area contributed by atoms with Crippen molar-refractivity contribution >= 4 is 19.8 Å². The number of carbonyl (C=O) groups excluding carboxylic acids is 2. The average Bonchev–Trinajstić information content (AvgIpc) is 3.18. The van der Waals surface area contributed by atoms with Crippen molar-refractivity contribution in [1.29, 1.82) is 0 Å². The van der Waals surface area contributed by atoms with E-state index in [1.165, 1.54) is 122 Å². The van der Waals surface area contributed by atoms with Gasteiger partial charge in [-0.1, -0.05) is 198 Å². The number of allylic oxidation sites excluding steroid dienone is 6. The van der Waals surface area contributed by atoms with E-state index in [0.717, 1.165) is 71.3 Å². The van der Waals surface area contributed by atoms with E-state index in [0.29, 0.717) is 12.8 Å². The van der Waals surface area contributed by atoms with Crippen LogP contribution in [0.1, 0.15) is 219 Å². The molecule has 0 amide bonds. The second-order valence-electron chi connectivity index (χ2n) is 15.2. The van der Waals surface area contributed by atoms with E-state index < -0.39 is 26.5 Å². The molecule has 2 unspecified atom stereocenters. The summed E-state index contributed by atoms with van der Waals surface area (Å²) in [5.41, 5.74) is 0. The van der Waals surface area contributed by atoms with E-state index in [4.69, 9.17) is 14.0 Å². The number of unbranched alkanes of at least 4 members (excludes halogenated alkanes) is 25. The third-order valence-electron chi connectivity index (χ3n) is 9.90. The largest absolute Gasteiger partial charge is 0.472 e. The topological polar surface area (TPSA) is 108 Å². The molecule has 0 aromatic heterocycles. The SMILES string of the molecule is CC/C=C\C/C=C\C/C=C\CCCCCCCCCC(=O)OC(COC(=O)CCCCCCCCCCCCCCCCCCCCC)COP(=O)(O)OC. The Morgan fingerprint density at radius 1 is 0.527 bits per heavy atom. The van der Waals surface area contributed by atoms with Gasteiger partial charge in [0, 0.05) is 20.0 Å². The quantitative estimate of drug-likeness (QED) is 0.0281. The molecule has 0 saturated heterocycles. The molecule has 8 nitrogen and oxygen atoms in total. The van der Waals surface area contributed by atoms with Crippen molar-refractivity contribution in [1.82, 2.24) is 0 Å².